The molecular weight excluding hydrogens is 391 g/mol. The lowest BCUT2D eigenvalue weighted by Gasteiger charge is -2.11. The lowest BCUT2D eigenvalue weighted by Crippen LogP contribution is -2.36. The van der Waals surface area contributed by atoms with E-state index in [9.17, 15) is 13.2 Å². The molecule has 2 rings (SSSR count). The quantitative estimate of drug-likeness (QED) is 0.368. The second-order valence-corrected chi connectivity index (χ2v) is 6.79. The first-order valence-corrected chi connectivity index (χ1v) is 9.92. The summed E-state index contributed by atoms with van der Waals surface area (Å²) in [5.74, 6) is 1.03. The van der Waals surface area contributed by atoms with Crippen LogP contribution in [0.1, 0.15) is 43.0 Å². The molecule has 2 aromatic rings. The first-order chi connectivity index (χ1) is 13.4. The number of pyridine rings is 1. The Morgan fingerprint density at radius 1 is 1.29 bits per heavy atom. The van der Waals surface area contributed by atoms with E-state index in [0.717, 1.165) is 35.1 Å². The summed E-state index contributed by atoms with van der Waals surface area (Å²) in [4.78, 5) is 12.3. The molecule has 154 valence electrons. The molecule has 0 bridgehead atoms. The molecule has 2 heterocycles. The van der Waals surface area contributed by atoms with E-state index in [4.69, 9.17) is 4.74 Å². The topological polar surface area (TPSA) is 71.4 Å². The number of aliphatic imine (C=N–C) groups is 1. The van der Waals surface area contributed by atoms with Gasteiger partial charge in [-0.15, -0.1) is 11.3 Å². The molecule has 0 saturated heterocycles. The maximum absolute atomic E-state index is 12.6. The molecule has 10 heteroatoms. The highest BCUT2D eigenvalue weighted by atomic mass is 32.1. The average Bonchev–Trinajstić information content (AvgIpc) is 3.15. The van der Waals surface area contributed by atoms with Crippen molar-refractivity contribution in [2.75, 3.05) is 13.2 Å². The minimum absolute atomic E-state index is 0.152. The van der Waals surface area contributed by atoms with E-state index < -0.39 is 11.9 Å². The van der Waals surface area contributed by atoms with Gasteiger partial charge in [-0.25, -0.2) is 15.0 Å². The summed E-state index contributed by atoms with van der Waals surface area (Å²) >= 11 is 0.958. The molecule has 28 heavy (non-hydrogen) atoms. The van der Waals surface area contributed by atoms with Crippen LogP contribution < -0.4 is 15.4 Å². The van der Waals surface area contributed by atoms with Gasteiger partial charge in [-0.05, 0) is 19.4 Å². The number of unbranched alkanes of at least 4 members (excludes halogenated alkanes) is 1. The van der Waals surface area contributed by atoms with Crippen molar-refractivity contribution in [3.05, 3.63) is 40.0 Å². The highest BCUT2D eigenvalue weighted by Gasteiger charge is 2.33. The van der Waals surface area contributed by atoms with Gasteiger partial charge in [-0.2, -0.15) is 13.2 Å². The van der Waals surface area contributed by atoms with Gasteiger partial charge in [0, 0.05) is 23.7 Å². The Morgan fingerprint density at radius 3 is 2.79 bits per heavy atom. The van der Waals surface area contributed by atoms with Crippen molar-refractivity contribution < 1.29 is 17.9 Å². The van der Waals surface area contributed by atoms with Crippen molar-refractivity contribution >= 4 is 17.3 Å². The van der Waals surface area contributed by atoms with Crippen LogP contribution in [-0.4, -0.2) is 29.1 Å². The fourth-order valence-electron chi connectivity index (χ4n) is 2.18. The van der Waals surface area contributed by atoms with Gasteiger partial charge in [0.05, 0.1) is 19.7 Å². The fraction of sp³-hybridized carbons (Fsp3) is 0.500. The number of aromatic nitrogens is 2. The number of halogens is 3. The summed E-state index contributed by atoms with van der Waals surface area (Å²) < 4.78 is 43.6. The van der Waals surface area contributed by atoms with Crippen molar-refractivity contribution in [2.45, 2.75) is 46.0 Å². The highest BCUT2D eigenvalue weighted by molar-refractivity contribution is 7.09. The van der Waals surface area contributed by atoms with Crippen LogP contribution in [-0.2, 0) is 19.3 Å². The smallest absolute Gasteiger partial charge is 0.434 e. The first kappa shape index (κ1) is 21.9. The van der Waals surface area contributed by atoms with E-state index in [1.165, 1.54) is 0 Å². The standard InChI is InChI=1S/C18H24F3N5OS/c1-3-5-9-27-16-13(7-6-8-23-16)10-24-17(22-4-2)25-11-15-26-14(12-28-15)18(19,20)21/h6-8,12H,3-5,9-11H2,1-2H3,(H2,22,24,25). The molecule has 0 aliphatic carbocycles. The second kappa shape index (κ2) is 10.8. The van der Waals surface area contributed by atoms with Crippen molar-refractivity contribution in [3.8, 4) is 5.88 Å². The molecular formula is C18H24F3N5OS. The van der Waals surface area contributed by atoms with Crippen LogP contribution in [0.15, 0.2) is 28.7 Å². The van der Waals surface area contributed by atoms with Gasteiger partial charge in [0.2, 0.25) is 5.88 Å². The summed E-state index contributed by atoms with van der Waals surface area (Å²) in [6, 6.07) is 3.70. The first-order valence-electron chi connectivity index (χ1n) is 9.04. The minimum atomic E-state index is -4.43. The van der Waals surface area contributed by atoms with Crippen LogP contribution in [0.5, 0.6) is 5.88 Å². The predicted octanol–water partition coefficient (Wildman–Crippen LogP) is 3.99. The summed E-state index contributed by atoms with van der Waals surface area (Å²) in [6.45, 7) is 5.68. The number of hydrogen-bond acceptors (Lipinski definition) is 5. The van der Waals surface area contributed by atoms with Gasteiger partial charge in [-0.3, -0.25) is 0 Å². The van der Waals surface area contributed by atoms with E-state index in [0.29, 0.717) is 36.5 Å². The van der Waals surface area contributed by atoms with Crippen LogP contribution >= 0.6 is 11.3 Å². The molecule has 0 aliphatic rings. The number of thiazole rings is 1. The lowest BCUT2D eigenvalue weighted by atomic mass is 10.3. The largest absolute Gasteiger partial charge is 0.477 e. The predicted molar refractivity (Wildman–Crippen MR) is 103 cm³/mol. The molecule has 6 nitrogen and oxygen atoms in total. The lowest BCUT2D eigenvalue weighted by molar-refractivity contribution is -0.140. The number of nitrogens with one attached hydrogen (secondary N) is 2. The van der Waals surface area contributed by atoms with Crippen molar-refractivity contribution in [2.24, 2.45) is 4.99 Å². The Morgan fingerprint density at radius 2 is 2.11 bits per heavy atom. The number of nitrogens with zero attached hydrogens (tertiary/aromatic N) is 3. The maximum atomic E-state index is 12.6. The summed E-state index contributed by atoms with van der Waals surface area (Å²) in [7, 11) is 0. The number of hydrogen-bond donors (Lipinski definition) is 2. The van der Waals surface area contributed by atoms with E-state index in [1.54, 1.807) is 6.20 Å². The fourth-order valence-corrected chi connectivity index (χ4v) is 2.92. The van der Waals surface area contributed by atoms with Crippen molar-refractivity contribution in [3.63, 3.8) is 0 Å². The van der Waals surface area contributed by atoms with E-state index in [2.05, 4.69) is 32.5 Å². The molecule has 0 amide bonds. The van der Waals surface area contributed by atoms with E-state index >= 15 is 0 Å². The Hall–Kier alpha value is -2.36. The van der Waals surface area contributed by atoms with Crippen LogP contribution in [0, 0.1) is 0 Å². The zero-order valence-corrected chi connectivity index (χ0v) is 16.7. The SMILES string of the molecule is CCCCOc1ncccc1CN=C(NCC)NCc1nc(C(F)(F)F)cs1. The van der Waals surface area contributed by atoms with Crippen LogP contribution in [0.3, 0.4) is 0 Å². The third-order valence-electron chi connectivity index (χ3n) is 3.59. The van der Waals surface area contributed by atoms with Crippen LogP contribution in [0.25, 0.3) is 0 Å². The number of alkyl halides is 3. The summed E-state index contributed by atoms with van der Waals surface area (Å²) in [5, 5.41) is 7.41. The molecule has 0 saturated carbocycles. The molecule has 0 radical (unpaired) electrons. The molecule has 0 aromatic carbocycles. The molecule has 0 aliphatic heterocycles. The molecule has 0 spiro atoms. The number of ether oxygens (including phenoxy) is 1. The van der Waals surface area contributed by atoms with Crippen molar-refractivity contribution in [1.29, 1.82) is 0 Å². The number of guanidine groups is 1. The second-order valence-electron chi connectivity index (χ2n) is 5.84. The monoisotopic (exact) mass is 415 g/mol. The molecule has 2 aromatic heterocycles. The average molecular weight is 415 g/mol. The van der Waals surface area contributed by atoms with Gasteiger partial charge < -0.3 is 15.4 Å². The normalized spacial score (nSPS) is 12.1. The molecule has 2 N–H and O–H groups in total. The van der Waals surface area contributed by atoms with Crippen molar-refractivity contribution in [1.82, 2.24) is 20.6 Å². The Labute approximate surface area is 166 Å². The van der Waals surface area contributed by atoms with Gasteiger partial charge in [-0.1, -0.05) is 19.4 Å². The highest BCUT2D eigenvalue weighted by Crippen LogP contribution is 2.29. The third kappa shape index (κ3) is 6.99. The molecule has 0 atom stereocenters. The van der Waals surface area contributed by atoms with Gasteiger partial charge in [0.15, 0.2) is 11.7 Å². The van der Waals surface area contributed by atoms with Gasteiger partial charge in [0.1, 0.15) is 5.01 Å². The van der Waals surface area contributed by atoms with Gasteiger partial charge >= 0.3 is 6.18 Å². The molecule has 0 unspecified atom stereocenters. The van der Waals surface area contributed by atoms with Crippen LogP contribution in [0.4, 0.5) is 13.2 Å². The number of rotatable bonds is 9. The summed E-state index contributed by atoms with van der Waals surface area (Å²) in [6.07, 6.45) is -0.792. The van der Waals surface area contributed by atoms with E-state index in [1.807, 2.05) is 19.1 Å². The van der Waals surface area contributed by atoms with E-state index in [-0.39, 0.29) is 6.54 Å². The van der Waals surface area contributed by atoms with Gasteiger partial charge in [0.25, 0.3) is 0 Å². The third-order valence-corrected chi connectivity index (χ3v) is 4.44. The Bertz CT molecular complexity index is 764. The Kier molecular flexibility index (Phi) is 8.49. The zero-order valence-electron chi connectivity index (χ0n) is 15.8. The molecule has 0 fully saturated rings. The van der Waals surface area contributed by atoms with Crippen LogP contribution in [0.2, 0.25) is 0 Å². The summed E-state index contributed by atoms with van der Waals surface area (Å²) in [5.41, 5.74) is -0.0371. The maximum Gasteiger partial charge on any atom is 0.434 e. The Balaban J connectivity index is 2.00. The minimum Gasteiger partial charge on any atom is -0.477 e. The zero-order chi connectivity index (χ0) is 20.4.